The highest BCUT2D eigenvalue weighted by atomic mass is 16.7. The van der Waals surface area contributed by atoms with Crippen molar-refractivity contribution in [3.63, 3.8) is 0 Å². The fourth-order valence-electron chi connectivity index (χ4n) is 5.27. The topological polar surface area (TPSA) is 75.3 Å². The molecule has 5 rings (SSSR count). The average molecular weight is 518 g/mol. The van der Waals surface area contributed by atoms with Gasteiger partial charge in [-0.05, 0) is 84.7 Å². The highest BCUT2D eigenvalue weighted by molar-refractivity contribution is 5.75. The predicted octanol–water partition coefficient (Wildman–Crippen LogP) is 5.66. The lowest BCUT2D eigenvalue weighted by atomic mass is 9.97. The molecule has 3 aromatic rings. The van der Waals surface area contributed by atoms with Crippen molar-refractivity contribution in [3.05, 3.63) is 76.9 Å². The third kappa shape index (κ3) is 5.79. The van der Waals surface area contributed by atoms with Crippen LogP contribution in [0, 0.1) is 12.8 Å². The zero-order chi connectivity index (χ0) is 26.5. The SMILES string of the molecule is COc1cc(-c2ccc(NOC(=O)C3CCOCC3)cc2COC2Cc3ccccc3C2)cc(OC)c1C. The van der Waals surface area contributed by atoms with Crippen LogP contribution < -0.4 is 15.0 Å². The maximum atomic E-state index is 12.5. The first-order valence-corrected chi connectivity index (χ1v) is 13.1. The van der Waals surface area contributed by atoms with Crippen molar-refractivity contribution in [2.45, 2.75) is 45.3 Å². The summed E-state index contributed by atoms with van der Waals surface area (Å²) in [6, 6.07) is 18.4. The molecule has 2 aliphatic rings. The Labute approximate surface area is 224 Å². The lowest BCUT2D eigenvalue weighted by Gasteiger charge is -2.21. The Kier molecular flexibility index (Phi) is 8.15. The van der Waals surface area contributed by atoms with Gasteiger partial charge in [-0.2, -0.15) is 0 Å². The summed E-state index contributed by atoms with van der Waals surface area (Å²) >= 11 is 0. The maximum Gasteiger partial charge on any atom is 0.335 e. The van der Waals surface area contributed by atoms with Crippen molar-refractivity contribution in [2.75, 3.05) is 32.9 Å². The van der Waals surface area contributed by atoms with E-state index in [4.69, 9.17) is 23.8 Å². The molecule has 0 amide bonds. The molecule has 7 heteroatoms. The maximum absolute atomic E-state index is 12.5. The first-order valence-electron chi connectivity index (χ1n) is 13.1. The molecule has 1 saturated heterocycles. The molecule has 7 nitrogen and oxygen atoms in total. The van der Waals surface area contributed by atoms with Crippen LogP contribution >= 0.6 is 0 Å². The van der Waals surface area contributed by atoms with Gasteiger partial charge >= 0.3 is 5.97 Å². The number of ether oxygens (including phenoxy) is 4. The second kappa shape index (κ2) is 11.9. The summed E-state index contributed by atoms with van der Waals surface area (Å²) in [6.45, 7) is 3.56. The summed E-state index contributed by atoms with van der Waals surface area (Å²) in [5.41, 5.74) is 10.1. The molecule has 1 heterocycles. The molecular weight excluding hydrogens is 482 g/mol. The normalized spacial score (nSPS) is 15.7. The minimum atomic E-state index is -0.257. The minimum Gasteiger partial charge on any atom is -0.496 e. The van der Waals surface area contributed by atoms with Gasteiger partial charge in [0, 0.05) is 18.8 Å². The fourth-order valence-corrected chi connectivity index (χ4v) is 5.27. The monoisotopic (exact) mass is 517 g/mol. The summed E-state index contributed by atoms with van der Waals surface area (Å²) in [5.74, 6) is 1.11. The van der Waals surface area contributed by atoms with Crippen molar-refractivity contribution in [1.82, 2.24) is 0 Å². The van der Waals surface area contributed by atoms with E-state index in [1.54, 1.807) is 14.2 Å². The van der Waals surface area contributed by atoms with Crippen molar-refractivity contribution >= 4 is 11.7 Å². The van der Waals surface area contributed by atoms with Gasteiger partial charge in [-0.1, -0.05) is 30.3 Å². The molecule has 0 saturated carbocycles. The molecule has 0 atom stereocenters. The van der Waals surface area contributed by atoms with Crippen LogP contribution in [-0.2, 0) is 38.6 Å². The third-order valence-electron chi connectivity index (χ3n) is 7.48. The number of hydrogen-bond donors (Lipinski definition) is 1. The van der Waals surface area contributed by atoms with Crippen LogP contribution in [0.2, 0.25) is 0 Å². The van der Waals surface area contributed by atoms with Gasteiger partial charge in [0.1, 0.15) is 11.5 Å². The number of benzene rings is 3. The number of anilines is 1. The van der Waals surface area contributed by atoms with Gasteiger partial charge < -0.3 is 23.8 Å². The van der Waals surface area contributed by atoms with Gasteiger partial charge in [0.15, 0.2) is 0 Å². The Hall–Kier alpha value is -3.55. The van der Waals surface area contributed by atoms with Gasteiger partial charge in [-0.3, -0.25) is 0 Å². The van der Waals surface area contributed by atoms with E-state index in [-0.39, 0.29) is 18.0 Å². The number of fused-ring (bicyclic) bond motifs is 1. The lowest BCUT2D eigenvalue weighted by molar-refractivity contribution is -0.148. The Bertz CT molecular complexity index is 1230. The number of nitrogens with one attached hydrogen (secondary N) is 1. The molecule has 0 aromatic heterocycles. The Morgan fingerprint density at radius 3 is 2.24 bits per heavy atom. The molecular formula is C31H35NO6. The molecule has 0 unspecified atom stereocenters. The molecule has 0 radical (unpaired) electrons. The van der Waals surface area contributed by atoms with Gasteiger partial charge in [0.05, 0.1) is 38.5 Å². The molecule has 0 bridgehead atoms. The van der Waals surface area contributed by atoms with E-state index >= 15 is 0 Å². The van der Waals surface area contributed by atoms with Crippen LogP contribution in [-0.4, -0.2) is 39.5 Å². The Balaban J connectivity index is 1.38. The van der Waals surface area contributed by atoms with E-state index in [2.05, 4.69) is 29.7 Å². The third-order valence-corrected chi connectivity index (χ3v) is 7.48. The van der Waals surface area contributed by atoms with Crippen LogP contribution in [0.5, 0.6) is 11.5 Å². The number of rotatable bonds is 9. The van der Waals surface area contributed by atoms with Crippen molar-refractivity contribution < 1.29 is 28.6 Å². The van der Waals surface area contributed by atoms with Gasteiger partial charge in [0.25, 0.3) is 0 Å². The van der Waals surface area contributed by atoms with Crippen molar-refractivity contribution in [1.29, 1.82) is 0 Å². The zero-order valence-corrected chi connectivity index (χ0v) is 22.3. The summed E-state index contributed by atoms with van der Waals surface area (Å²) < 4.78 is 23.0. The average Bonchev–Trinajstić information content (AvgIpc) is 3.38. The van der Waals surface area contributed by atoms with Crippen molar-refractivity contribution in [2.24, 2.45) is 5.92 Å². The number of hydrogen-bond acceptors (Lipinski definition) is 7. The van der Waals surface area contributed by atoms with Crippen LogP contribution in [0.25, 0.3) is 11.1 Å². The molecule has 38 heavy (non-hydrogen) atoms. The molecule has 1 aliphatic carbocycles. The van der Waals surface area contributed by atoms with Crippen LogP contribution in [0.1, 0.15) is 35.1 Å². The fraction of sp³-hybridized carbons (Fsp3) is 0.387. The number of methoxy groups -OCH3 is 2. The van der Waals surface area contributed by atoms with Gasteiger partial charge in [-0.25, -0.2) is 10.3 Å². The highest BCUT2D eigenvalue weighted by Crippen LogP contribution is 2.37. The van der Waals surface area contributed by atoms with Crippen LogP contribution in [0.15, 0.2) is 54.6 Å². The molecule has 0 spiro atoms. The Morgan fingerprint density at radius 1 is 0.947 bits per heavy atom. The second-order valence-electron chi connectivity index (χ2n) is 9.90. The number of carbonyl (C=O) groups excluding carboxylic acids is 1. The van der Waals surface area contributed by atoms with E-state index in [9.17, 15) is 4.79 Å². The summed E-state index contributed by atoms with van der Waals surface area (Å²) in [6.07, 6.45) is 3.28. The van der Waals surface area contributed by atoms with Crippen molar-refractivity contribution in [3.8, 4) is 22.6 Å². The van der Waals surface area contributed by atoms with Crippen LogP contribution in [0.3, 0.4) is 0 Å². The minimum absolute atomic E-state index is 0.116. The highest BCUT2D eigenvalue weighted by Gasteiger charge is 2.24. The predicted molar refractivity (Wildman–Crippen MR) is 145 cm³/mol. The van der Waals surface area contributed by atoms with E-state index in [1.165, 1.54) is 11.1 Å². The van der Waals surface area contributed by atoms with E-state index in [0.717, 1.165) is 46.6 Å². The molecule has 200 valence electrons. The summed E-state index contributed by atoms with van der Waals surface area (Å²) in [5, 5.41) is 0. The summed E-state index contributed by atoms with van der Waals surface area (Å²) in [4.78, 5) is 18.0. The largest absolute Gasteiger partial charge is 0.496 e. The van der Waals surface area contributed by atoms with E-state index in [0.29, 0.717) is 38.3 Å². The smallest absolute Gasteiger partial charge is 0.335 e. The van der Waals surface area contributed by atoms with E-state index < -0.39 is 0 Å². The van der Waals surface area contributed by atoms with E-state index in [1.807, 2.05) is 37.3 Å². The second-order valence-corrected chi connectivity index (χ2v) is 9.90. The molecule has 1 fully saturated rings. The first-order chi connectivity index (χ1) is 18.6. The van der Waals surface area contributed by atoms with Gasteiger partial charge in [0.2, 0.25) is 0 Å². The standard InChI is InChI=1S/C31H35NO6/c1-20-29(34-2)17-24(18-30(20)35-3)28-9-8-26(32-38-31(33)21-10-12-36-13-11-21)14-25(28)19-37-27-15-22-6-4-5-7-23(22)16-27/h4-9,14,17-18,21,27,32H,10-13,15-16,19H2,1-3H3. The molecule has 1 N–H and O–H groups in total. The molecule has 3 aromatic carbocycles. The Morgan fingerprint density at radius 2 is 1.61 bits per heavy atom. The van der Waals surface area contributed by atoms with Crippen LogP contribution in [0.4, 0.5) is 5.69 Å². The zero-order valence-electron chi connectivity index (χ0n) is 22.3. The first kappa shape index (κ1) is 26.1. The van der Waals surface area contributed by atoms with Gasteiger partial charge in [-0.15, -0.1) is 0 Å². The molecule has 1 aliphatic heterocycles. The quantitative estimate of drug-likeness (QED) is 0.367. The lowest BCUT2D eigenvalue weighted by Crippen LogP contribution is -2.26. The summed E-state index contributed by atoms with van der Waals surface area (Å²) in [7, 11) is 3.32. The number of carbonyl (C=O) groups is 1.